The first-order valence-electron chi connectivity index (χ1n) is 7.03. The van der Waals surface area contributed by atoms with Gasteiger partial charge in [0.15, 0.2) is 5.78 Å². The number of hydrogen-bond acceptors (Lipinski definition) is 2. The third-order valence-electron chi connectivity index (χ3n) is 3.97. The molecule has 2 aromatic carbocycles. The fourth-order valence-electron chi connectivity index (χ4n) is 2.84. The van der Waals surface area contributed by atoms with Crippen LogP contribution < -0.4 is 0 Å². The topological polar surface area (TPSA) is 20.3 Å². The molecule has 0 aliphatic carbocycles. The molecule has 0 N–H and O–H groups in total. The Kier molecular flexibility index (Phi) is 3.41. The molecule has 1 aliphatic heterocycles. The van der Waals surface area contributed by atoms with Crippen LogP contribution >= 0.6 is 0 Å². The number of benzene rings is 2. The molecule has 0 radical (unpaired) electrons. The molecule has 2 heteroatoms. The Balaban J connectivity index is 1.74. The van der Waals surface area contributed by atoms with E-state index >= 15 is 0 Å². The summed E-state index contributed by atoms with van der Waals surface area (Å²) in [4.78, 5) is 14.7. The number of fused-ring (bicyclic) bond motifs is 1. The summed E-state index contributed by atoms with van der Waals surface area (Å²) < 4.78 is 0. The standard InChI is InChI=1S/C18H19NO/c1-13-7-8-14(2)17(9-13)18(20)12-19-10-15-5-3-4-6-16(15)11-19/h3-9H,10-12H2,1-2H3. The minimum Gasteiger partial charge on any atom is -0.293 e. The van der Waals surface area contributed by atoms with Crippen molar-refractivity contribution in [2.75, 3.05) is 6.54 Å². The van der Waals surface area contributed by atoms with E-state index in [0.717, 1.165) is 29.8 Å². The van der Waals surface area contributed by atoms with Crippen molar-refractivity contribution in [1.29, 1.82) is 0 Å². The minimum atomic E-state index is 0.221. The third-order valence-corrected chi connectivity index (χ3v) is 3.97. The van der Waals surface area contributed by atoms with Crippen molar-refractivity contribution in [3.8, 4) is 0 Å². The predicted octanol–water partition coefficient (Wildman–Crippen LogP) is 3.50. The van der Waals surface area contributed by atoms with Gasteiger partial charge in [0.05, 0.1) is 6.54 Å². The lowest BCUT2D eigenvalue weighted by atomic mass is 10.0. The summed E-state index contributed by atoms with van der Waals surface area (Å²) >= 11 is 0. The van der Waals surface area contributed by atoms with Crippen molar-refractivity contribution in [2.24, 2.45) is 0 Å². The predicted molar refractivity (Wildman–Crippen MR) is 80.8 cm³/mol. The van der Waals surface area contributed by atoms with Crippen LogP contribution in [0.2, 0.25) is 0 Å². The average Bonchev–Trinajstić information content (AvgIpc) is 2.83. The quantitative estimate of drug-likeness (QED) is 0.792. The van der Waals surface area contributed by atoms with Crippen molar-refractivity contribution < 1.29 is 4.79 Å². The third kappa shape index (κ3) is 2.52. The zero-order valence-electron chi connectivity index (χ0n) is 12.0. The largest absolute Gasteiger partial charge is 0.293 e. The zero-order chi connectivity index (χ0) is 14.1. The zero-order valence-corrected chi connectivity index (χ0v) is 12.0. The van der Waals surface area contributed by atoms with E-state index in [0.29, 0.717) is 6.54 Å². The molecule has 0 unspecified atom stereocenters. The second kappa shape index (κ2) is 5.22. The highest BCUT2D eigenvalue weighted by atomic mass is 16.1. The highest BCUT2D eigenvalue weighted by Gasteiger charge is 2.21. The normalized spacial score (nSPS) is 14.3. The van der Waals surface area contributed by atoms with Crippen LogP contribution in [-0.4, -0.2) is 17.2 Å². The van der Waals surface area contributed by atoms with Gasteiger partial charge >= 0.3 is 0 Å². The Morgan fingerprint density at radius 1 is 1.05 bits per heavy atom. The van der Waals surface area contributed by atoms with E-state index in [2.05, 4.69) is 35.2 Å². The number of carbonyl (C=O) groups excluding carboxylic acids is 1. The number of ketones is 1. The highest BCUT2D eigenvalue weighted by molar-refractivity contribution is 5.99. The van der Waals surface area contributed by atoms with Crippen LogP contribution in [0, 0.1) is 13.8 Å². The molecule has 2 nitrogen and oxygen atoms in total. The van der Waals surface area contributed by atoms with E-state index in [1.54, 1.807) is 0 Å². The molecule has 3 rings (SSSR count). The van der Waals surface area contributed by atoms with Crippen LogP contribution in [0.5, 0.6) is 0 Å². The molecule has 0 spiro atoms. The second-order valence-corrected chi connectivity index (χ2v) is 5.66. The summed E-state index contributed by atoms with van der Waals surface area (Å²) in [5.41, 5.74) is 5.77. The molecule has 20 heavy (non-hydrogen) atoms. The molecular formula is C18H19NO. The Hall–Kier alpha value is -1.93. The van der Waals surface area contributed by atoms with Crippen LogP contribution in [0.25, 0.3) is 0 Å². The molecular weight excluding hydrogens is 246 g/mol. The molecule has 1 aliphatic rings. The van der Waals surface area contributed by atoms with Crippen molar-refractivity contribution >= 4 is 5.78 Å². The molecule has 0 bridgehead atoms. The van der Waals surface area contributed by atoms with Gasteiger partial charge in [-0.1, -0.05) is 42.0 Å². The molecule has 1 heterocycles. The summed E-state index contributed by atoms with van der Waals surface area (Å²) in [6.45, 7) is 6.30. The number of nitrogens with zero attached hydrogens (tertiary/aromatic N) is 1. The maximum absolute atomic E-state index is 12.5. The molecule has 0 saturated heterocycles. The lowest BCUT2D eigenvalue weighted by Gasteiger charge is -2.15. The molecule has 0 aromatic heterocycles. The molecule has 102 valence electrons. The van der Waals surface area contributed by atoms with Gasteiger partial charge in [0.1, 0.15) is 0 Å². The van der Waals surface area contributed by atoms with Crippen molar-refractivity contribution in [3.05, 3.63) is 70.3 Å². The van der Waals surface area contributed by atoms with E-state index in [4.69, 9.17) is 0 Å². The van der Waals surface area contributed by atoms with Crippen molar-refractivity contribution in [1.82, 2.24) is 4.90 Å². The van der Waals surface area contributed by atoms with Gasteiger partial charge in [0.25, 0.3) is 0 Å². The second-order valence-electron chi connectivity index (χ2n) is 5.66. The van der Waals surface area contributed by atoms with Crippen LogP contribution in [0.4, 0.5) is 0 Å². The minimum absolute atomic E-state index is 0.221. The first-order valence-corrected chi connectivity index (χ1v) is 7.03. The summed E-state index contributed by atoms with van der Waals surface area (Å²) in [5.74, 6) is 0.221. The van der Waals surface area contributed by atoms with E-state index < -0.39 is 0 Å². The van der Waals surface area contributed by atoms with E-state index in [9.17, 15) is 4.79 Å². The van der Waals surface area contributed by atoms with Crippen molar-refractivity contribution in [3.63, 3.8) is 0 Å². The maximum Gasteiger partial charge on any atom is 0.177 e. The van der Waals surface area contributed by atoms with Gasteiger partial charge in [-0.25, -0.2) is 0 Å². The van der Waals surface area contributed by atoms with Crippen LogP contribution in [0.3, 0.4) is 0 Å². The molecule has 0 amide bonds. The molecule has 0 atom stereocenters. The van der Waals surface area contributed by atoms with Crippen LogP contribution in [0.1, 0.15) is 32.6 Å². The van der Waals surface area contributed by atoms with Crippen molar-refractivity contribution in [2.45, 2.75) is 26.9 Å². The number of rotatable bonds is 3. The van der Waals surface area contributed by atoms with E-state index in [1.807, 2.05) is 26.0 Å². The SMILES string of the molecule is Cc1ccc(C)c(C(=O)CN2Cc3ccccc3C2)c1. The lowest BCUT2D eigenvalue weighted by molar-refractivity contribution is 0.0929. The summed E-state index contributed by atoms with van der Waals surface area (Å²) in [6.07, 6.45) is 0. The first-order chi connectivity index (χ1) is 9.63. The van der Waals surface area contributed by atoms with Crippen LogP contribution in [-0.2, 0) is 13.1 Å². The van der Waals surface area contributed by atoms with Gasteiger partial charge in [0.2, 0.25) is 0 Å². The average molecular weight is 265 g/mol. The monoisotopic (exact) mass is 265 g/mol. The Morgan fingerprint density at radius 3 is 2.35 bits per heavy atom. The summed E-state index contributed by atoms with van der Waals surface area (Å²) in [6, 6.07) is 14.5. The number of hydrogen-bond donors (Lipinski definition) is 0. The first kappa shape index (κ1) is 13.1. The molecule has 0 fully saturated rings. The summed E-state index contributed by atoms with van der Waals surface area (Å²) in [7, 11) is 0. The number of carbonyl (C=O) groups is 1. The fourth-order valence-corrected chi connectivity index (χ4v) is 2.84. The van der Waals surface area contributed by atoms with Crippen LogP contribution in [0.15, 0.2) is 42.5 Å². The van der Waals surface area contributed by atoms with Gasteiger partial charge in [0, 0.05) is 18.7 Å². The van der Waals surface area contributed by atoms with E-state index in [1.165, 1.54) is 11.1 Å². The smallest absolute Gasteiger partial charge is 0.177 e. The van der Waals surface area contributed by atoms with Gasteiger partial charge in [-0.15, -0.1) is 0 Å². The number of Topliss-reactive ketones (excluding diaryl/α,β-unsaturated/α-hetero) is 1. The maximum atomic E-state index is 12.5. The van der Waals surface area contributed by atoms with E-state index in [-0.39, 0.29) is 5.78 Å². The Morgan fingerprint density at radius 2 is 1.70 bits per heavy atom. The molecule has 0 saturated carbocycles. The van der Waals surface area contributed by atoms with Gasteiger partial charge in [-0.2, -0.15) is 0 Å². The fraction of sp³-hybridized carbons (Fsp3) is 0.278. The highest BCUT2D eigenvalue weighted by Crippen LogP contribution is 2.22. The lowest BCUT2D eigenvalue weighted by Crippen LogP contribution is -2.25. The Bertz CT molecular complexity index is 635. The van der Waals surface area contributed by atoms with Gasteiger partial charge in [-0.3, -0.25) is 9.69 Å². The van der Waals surface area contributed by atoms with Gasteiger partial charge < -0.3 is 0 Å². The Labute approximate surface area is 120 Å². The number of aryl methyl sites for hydroxylation is 2. The van der Waals surface area contributed by atoms with Gasteiger partial charge in [-0.05, 0) is 36.6 Å². The molecule has 2 aromatic rings. The summed E-state index contributed by atoms with van der Waals surface area (Å²) in [5, 5.41) is 0.